The van der Waals surface area contributed by atoms with E-state index in [4.69, 9.17) is 5.11 Å². The van der Waals surface area contributed by atoms with Crippen LogP contribution in [0.2, 0.25) is 0 Å². The Labute approximate surface area is 251 Å². The molecule has 0 spiro atoms. The highest BCUT2D eigenvalue weighted by Crippen LogP contribution is 2.39. The number of nitrogens with zero attached hydrogens (tertiary/aromatic N) is 3. The van der Waals surface area contributed by atoms with Crippen LogP contribution in [-0.2, 0) is 33.3 Å². The van der Waals surface area contributed by atoms with Crippen LogP contribution < -0.4 is 0 Å². The first kappa shape index (κ1) is 33.3. The topological polar surface area (TPSA) is 81.2 Å². The van der Waals surface area contributed by atoms with Crippen LogP contribution >= 0.6 is 0 Å². The van der Waals surface area contributed by atoms with Crippen molar-refractivity contribution in [2.75, 3.05) is 39.8 Å². The summed E-state index contributed by atoms with van der Waals surface area (Å²) in [6, 6.07) is 8.67. The average Bonchev–Trinajstić information content (AvgIpc) is 2.99. The van der Waals surface area contributed by atoms with Gasteiger partial charge in [-0.15, -0.1) is 0 Å². The number of carbonyl (C=O) groups excluding carboxylic acids is 3. The van der Waals surface area contributed by atoms with E-state index in [0.717, 1.165) is 16.0 Å². The predicted molar refractivity (Wildman–Crippen MR) is 148 cm³/mol. The van der Waals surface area contributed by atoms with Crippen LogP contribution in [-0.4, -0.2) is 77.4 Å². The third-order valence-electron chi connectivity index (χ3n) is 8.61. The quantitative estimate of drug-likeness (QED) is 0.465. The summed E-state index contributed by atoms with van der Waals surface area (Å²) >= 11 is 0. The fourth-order valence-electron chi connectivity index (χ4n) is 6.25. The van der Waals surface area contributed by atoms with Gasteiger partial charge in [0.2, 0.25) is 17.7 Å². The van der Waals surface area contributed by atoms with Crippen LogP contribution in [0.5, 0.6) is 0 Å². The molecular weight excluding hydrogens is 592 g/mol. The number of aliphatic hydroxyl groups is 1. The van der Waals surface area contributed by atoms with Crippen molar-refractivity contribution in [2.45, 2.75) is 51.0 Å². The summed E-state index contributed by atoms with van der Waals surface area (Å²) in [6.07, 6.45) is -8.86. The number of carbonyl (C=O) groups is 3. The monoisotopic (exact) mass is 627 g/mol. The number of halogens is 6. The van der Waals surface area contributed by atoms with Gasteiger partial charge in [0.1, 0.15) is 6.61 Å². The van der Waals surface area contributed by atoms with E-state index in [1.165, 1.54) is 11.9 Å². The van der Waals surface area contributed by atoms with Crippen molar-refractivity contribution >= 4 is 17.7 Å². The maximum Gasteiger partial charge on any atom is 0.416 e. The maximum atomic E-state index is 13.8. The molecule has 0 aliphatic carbocycles. The van der Waals surface area contributed by atoms with Crippen molar-refractivity contribution in [3.8, 4) is 0 Å². The van der Waals surface area contributed by atoms with E-state index in [2.05, 4.69) is 0 Å². The van der Waals surface area contributed by atoms with Crippen molar-refractivity contribution < 1.29 is 45.8 Å². The highest BCUT2D eigenvalue weighted by Gasteiger charge is 2.41. The molecule has 2 heterocycles. The van der Waals surface area contributed by atoms with Gasteiger partial charge in [-0.1, -0.05) is 24.3 Å². The number of piperidine rings is 2. The Bertz CT molecular complexity index is 1340. The highest BCUT2D eigenvalue weighted by molar-refractivity contribution is 5.83. The highest BCUT2D eigenvalue weighted by atomic mass is 19.4. The van der Waals surface area contributed by atoms with E-state index in [-0.39, 0.29) is 43.0 Å². The lowest BCUT2D eigenvalue weighted by atomic mass is 9.77. The Morgan fingerprint density at radius 2 is 1.45 bits per heavy atom. The van der Waals surface area contributed by atoms with E-state index >= 15 is 0 Å². The zero-order valence-electron chi connectivity index (χ0n) is 24.4. The summed E-state index contributed by atoms with van der Waals surface area (Å²) in [5.74, 6) is -2.36. The standard InChI is InChI=1S/C31H35F6N3O4/c1-19-5-3-4-6-24(19)26-17-40(28(43)21-7-10-39(11-8-21)27(42)18-41)12-9-25(26)29(44)38(2)16-20-13-22(30(32,33)34)15-23(14-20)31(35,36)37/h3-6,13-15,21,25-26,41H,7-12,16-18H2,1-2H3. The summed E-state index contributed by atoms with van der Waals surface area (Å²) < 4.78 is 80.4. The molecule has 0 saturated carbocycles. The minimum absolute atomic E-state index is 0.0562. The van der Waals surface area contributed by atoms with Crippen LogP contribution in [0.15, 0.2) is 42.5 Å². The minimum atomic E-state index is -5.00. The fraction of sp³-hybridized carbons (Fsp3) is 0.516. The molecule has 2 saturated heterocycles. The average molecular weight is 628 g/mol. The lowest BCUT2D eigenvalue weighted by Crippen LogP contribution is -2.51. The Morgan fingerprint density at radius 1 is 0.886 bits per heavy atom. The summed E-state index contributed by atoms with van der Waals surface area (Å²) in [6.45, 7) is 1.98. The SMILES string of the molecule is Cc1ccccc1C1CN(C(=O)C2CCN(C(=O)CO)CC2)CCC1C(=O)N(C)Cc1cc(C(F)(F)F)cc(C(F)(F)F)c1. The molecule has 2 aliphatic heterocycles. The predicted octanol–water partition coefficient (Wildman–Crippen LogP) is 4.85. The van der Waals surface area contributed by atoms with Crippen molar-refractivity contribution in [3.63, 3.8) is 0 Å². The Kier molecular flexibility index (Phi) is 9.96. The number of rotatable bonds is 6. The van der Waals surface area contributed by atoms with Gasteiger partial charge >= 0.3 is 12.4 Å². The van der Waals surface area contributed by atoms with Crippen molar-refractivity contribution in [2.24, 2.45) is 11.8 Å². The van der Waals surface area contributed by atoms with Crippen LogP contribution in [0, 0.1) is 18.8 Å². The molecule has 2 aromatic carbocycles. The number of aryl methyl sites for hydroxylation is 1. The third-order valence-corrected chi connectivity index (χ3v) is 8.61. The fourth-order valence-corrected chi connectivity index (χ4v) is 6.25. The minimum Gasteiger partial charge on any atom is -0.387 e. The smallest absolute Gasteiger partial charge is 0.387 e. The van der Waals surface area contributed by atoms with Crippen molar-refractivity contribution in [3.05, 3.63) is 70.3 Å². The second-order valence-electron chi connectivity index (χ2n) is 11.6. The number of likely N-dealkylation sites (tertiary alicyclic amines) is 2. The molecule has 44 heavy (non-hydrogen) atoms. The van der Waals surface area contributed by atoms with Gasteiger partial charge in [-0.05, 0) is 61.1 Å². The lowest BCUT2D eigenvalue weighted by Gasteiger charge is -2.42. The van der Waals surface area contributed by atoms with E-state index < -0.39 is 60.3 Å². The number of alkyl halides is 6. The molecule has 0 radical (unpaired) electrons. The first-order valence-corrected chi connectivity index (χ1v) is 14.4. The van der Waals surface area contributed by atoms with E-state index in [1.54, 1.807) is 4.90 Å². The number of hydrogen-bond acceptors (Lipinski definition) is 4. The molecule has 0 bridgehead atoms. The van der Waals surface area contributed by atoms with Gasteiger partial charge in [0.25, 0.3) is 0 Å². The van der Waals surface area contributed by atoms with Gasteiger partial charge in [-0.3, -0.25) is 14.4 Å². The molecule has 240 valence electrons. The first-order chi connectivity index (χ1) is 20.6. The van der Waals surface area contributed by atoms with Gasteiger partial charge in [-0.25, -0.2) is 0 Å². The van der Waals surface area contributed by atoms with Crippen molar-refractivity contribution in [1.29, 1.82) is 0 Å². The Balaban J connectivity index is 1.54. The summed E-state index contributed by atoms with van der Waals surface area (Å²) in [5, 5.41) is 9.12. The molecule has 3 amide bonds. The number of amides is 3. The van der Waals surface area contributed by atoms with Crippen molar-refractivity contribution in [1.82, 2.24) is 14.7 Å². The zero-order chi connectivity index (χ0) is 32.4. The second-order valence-corrected chi connectivity index (χ2v) is 11.6. The van der Waals surface area contributed by atoms with Gasteiger partial charge in [-0.2, -0.15) is 26.3 Å². The first-order valence-electron chi connectivity index (χ1n) is 14.4. The molecule has 2 fully saturated rings. The second kappa shape index (κ2) is 13.2. The summed E-state index contributed by atoms with van der Waals surface area (Å²) in [5.41, 5.74) is -1.47. The van der Waals surface area contributed by atoms with Gasteiger partial charge in [0, 0.05) is 57.5 Å². The molecule has 2 aromatic rings. The van der Waals surface area contributed by atoms with Gasteiger partial charge in [0.15, 0.2) is 0 Å². The number of benzene rings is 2. The maximum absolute atomic E-state index is 13.8. The number of hydrogen-bond donors (Lipinski definition) is 1. The molecule has 4 rings (SSSR count). The summed E-state index contributed by atoms with van der Waals surface area (Å²) in [4.78, 5) is 43.5. The molecule has 7 nitrogen and oxygen atoms in total. The molecule has 2 atom stereocenters. The molecule has 1 N–H and O–H groups in total. The summed E-state index contributed by atoms with van der Waals surface area (Å²) in [7, 11) is 1.35. The molecule has 13 heteroatoms. The molecule has 2 aliphatic rings. The molecule has 2 unspecified atom stereocenters. The van der Waals surface area contributed by atoms with E-state index in [0.29, 0.717) is 38.1 Å². The zero-order valence-corrected chi connectivity index (χ0v) is 24.4. The largest absolute Gasteiger partial charge is 0.416 e. The van der Waals surface area contributed by atoms with Crippen LogP contribution in [0.1, 0.15) is 53.0 Å². The van der Waals surface area contributed by atoms with Gasteiger partial charge in [0.05, 0.1) is 11.1 Å². The normalized spacial score (nSPS) is 20.0. The Morgan fingerprint density at radius 3 is 2.00 bits per heavy atom. The van der Waals surface area contributed by atoms with E-state index in [1.807, 2.05) is 31.2 Å². The van der Waals surface area contributed by atoms with Crippen LogP contribution in [0.3, 0.4) is 0 Å². The lowest BCUT2D eigenvalue weighted by molar-refractivity contribution is -0.145. The van der Waals surface area contributed by atoms with Gasteiger partial charge < -0.3 is 19.8 Å². The van der Waals surface area contributed by atoms with Crippen LogP contribution in [0.4, 0.5) is 26.3 Å². The molecular formula is C31H35F6N3O4. The van der Waals surface area contributed by atoms with Crippen LogP contribution in [0.25, 0.3) is 0 Å². The molecule has 0 aromatic heterocycles. The number of aliphatic hydroxyl groups excluding tert-OH is 1. The Hall–Kier alpha value is -3.61. The third kappa shape index (κ3) is 7.54. The van der Waals surface area contributed by atoms with E-state index in [9.17, 15) is 40.7 Å².